The van der Waals surface area contributed by atoms with Gasteiger partial charge in [0.15, 0.2) is 0 Å². The fraction of sp³-hybridized carbons (Fsp3) is 0.200. The fourth-order valence-electron chi connectivity index (χ4n) is 3.02. The Morgan fingerprint density at radius 1 is 1.16 bits per heavy atom. The summed E-state index contributed by atoms with van der Waals surface area (Å²) in [7, 11) is 0. The molecule has 0 aliphatic carbocycles. The van der Waals surface area contributed by atoms with E-state index in [1.807, 2.05) is 12.3 Å². The first-order valence-corrected chi connectivity index (χ1v) is 10.7. The van der Waals surface area contributed by atoms with Gasteiger partial charge in [-0.1, -0.05) is 12.1 Å². The zero-order chi connectivity index (χ0) is 21.4. The first kappa shape index (κ1) is 25.7. The summed E-state index contributed by atoms with van der Waals surface area (Å²) in [5, 5.41) is 5.41. The minimum atomic E-state index is -0.514. The molecule has 0 saturated heterocycles. The molecule has 3 aromatic heterocycles. The number of hydrogen-bond donors (Lipinski definition) is 1. The summed E-state index contributed by atoms with van der Waals surface area (Å²) >= 11 is 2.53. The van der Waals surface area contributed by atoms with Gasteiger partial charge in [0.2, 0.25) is 0 Å². The van der Waals surface area contributed by atoms with E-state index in [9.17, 15) is 18.8 Å². The van der Waals surface area contributed by atoms with Gasteiger partial charge in [-0.3, -0.25) is 18.6 Å². The second-order valence-corrected chi connectivity index (χ2v) is 8.83. The van der Waals surface area contributed by atoms with Crippen molar-refractivity contribution in [3.05, 3.63) is 89.2 Å². The molecular formula is C20H19Cl2FN4O3S2. The molecule has 4 aromatic rings. The highest BCUT2D eigenvalue weighted by Crippen LogP contribution is 2.18. The SMILES string of the molecule is Cc1nc(Cn2c(=O)c(C)c3sc(C(=O)NCc4ccc(F)cc4)cn3c2=O)cs1.Cl.Cl. The molecule has 1 aromatic carbocycles. The first-order chi connectivity index (χ1) is 14.3. The number of benzene rings is 1. The molecule has 0 aliphatic rings. The third-order valence-electron chi connectivity index (χ3n) is 4.57. The van der Waals surface area contributed by atoms with Crippen LogP contribution in [0, 0.1) is 19.7 Å². The summed E-state index contributed by atoms with van der Waals surface area (Å²) in [5.74, 6) is -0.722. The molecule has 0 atom stereocenters. The maximum atomic E-state index is 13.0. The Morgan fingerprint density at radius 3 is 2.47 bits per heavy atom. The standard InChI is InChI=1S/C20H17FN4O3S2.2ClH/c1-11-18(27)24(8-15-10-29-12(2)23-15)20(28)25-9-16(30-19(11)25)17(26)22-7-13-3-5-14(21)6-4-13;;/h3-6,9-10H,7-8H2,1-2H3,(H,22,26);2*1H. The molecule has 7 nitrogen and oxygen atoms in total. The van der Waals surface area contributed by atoms with E-state index >= 15 is 0 Å². The van der Waals surface area contributed by atoms with E-state index in [4.69, 9.17) is 0 Å². The summed E-state index contributed by atoms with van der Waals surface area (Å²) in [6.45, 7) is 3.79. The number of rotatable bonds is 5. The number of aromatic nitrogens is 3. The number of hydrogen-bond acceptors (Lipinski definition) is 6. The lowest BCUT2D eigenvalue weighted by molar-refractivity contribution is 0.0954. The van der Waals surface area contributed by atoms with Crippen LogP contribution in [0.5, 0.6) is 0 Å². The van der Waals surface area contributed by atoms with E-state index in [0.717, 1.165) is 26.5 Å². The van der Waals surface area contributed by atoms with Crippen molar-refractivity contribution in [2.45, 2.75) is 26.9 Å². The molecule has 12 heteroatoms. The molecule has 0 fully saturated rings. The van der Waals surface area contributed by atoms with Crippen molar-refractivity contribution in [1.29, 1.82) is 0 Å². The lowest BCUT2D eigenvalue weighted by Crippen LogP contribution is -2.38. The minimum absolute atomic E-state index is 0. The smallest absolute Gasteiger partial charge is 0.336 e. The molecule has 32 heavy (non-hydrogen) atoms. The Bertz CT molecular complexity index is 1380. The number of nitrogens with zero attached hydrogens (tertiary/aromatic N) is 3. The number of amides is 1. The van der Waals surface area contributed by atoms with Crippen molar-refractivity contribution < 1.29 is 9.18 Å². The van der Waals surface area contributed by atoms with Crippen LogP contribution in [0.2, 0.25) is 0 Å². The molecular weight excluding hydrogens is 498 g/mol. The monoisotopic (exact) mass is 516 g/mol. The summed E-state index contributed by atoms with van der Waals surface area (Å²) in [4.78, 5) is 43.2. The maximum absolute atomic E-state index is 13.0. The zero-order valence-corrected chi connectivity index (χ0v) is 20.2. The van der Waals surface area contributed by atoms with Crippen molar-refractivity contribution >= 4 is 58.2 Å². The van der Waals surface area contributed by atoms with E-state index in [2.05, 4.69) is 10.3 Å². The Hall–Kier alpha value is -2.53. The normalized spacial score (nSPS) is 10.5. The van der Waals surface area contributed by atoms with Crippen LogP contribution in [0.15, 0.2) is 45.4 Å². The summed E-state index contributed by atoms with van der Waals surface area (Å²) in [6, 6.07) is 5.81. The number of halogens is 3. The van der Waals surface area contributed by atoms with Crippen LogP contribution in [-0.4, -0.2) is 19.9 Å². The van der Waals surface area contributed by atoms with Crippen LogP contribution in [0.25, 0.3) is 4.83 Å². The van der Waals surface area contributed by atoms with Crippen LogP contribution in [-0.2, 0) is 13.1 Å². The van der Waals surface area contributed by atoms with Crippen molar-refractivity contribution in [2.24, 2.45) is 0 Å². The quantitative estimate of drug-likeness (QED) is 0.439. The average Bonchev–Trinajstić information content (AvgIpc) is 3.35. The Morgan fingerprint density at radius 2 is 1.84 bits per heavy atom. The molecule has 3 heterocycles. The van der Waals surface area contributed by atoms with Gasteiger partial charge in [-0.05, 0) is 31.5 Å². The average molecular weight is 517 g/mol. The van der Waals surface area contributed by atoms with Gasteiger partial charge in [0.25, 0.3) is 11.5 Å². The summed E-state index contributed by atoms with van der Waals surface area (Å²) in [6.07, 6.45) is 1.44. The predicted molar refractivity (Wildman–Crippen MR) is 129 cm³/mol. The van der Waals surface area contributed by atoms with E-state index in [-0.39, 0.29) is 49.6 Å². The van der Waals surface area contributed by atoms with Gasteiger partial charge in [0.05, 0.1) is 17.2 Å². The molecule has 0 bridgehead atoms. The van der Waals surface area contributed by atoms with E-state index in [0.29, 0.717) is 21.0 Å². The van der Waals surface area contributed by atoms with Crippen LogP contribution >= 0.6 is 47.5 Å². The van der Waals surface area contributed by atoms with Crippen LogP contribution in [0.4, 0.5) is 4.39 Å². The number of aryl methyl sites for hydroxylation is 2. The van der Waals surface area contributed by atoms with E-state index in [1.54, 1.807) is 19.1 Å². The fourth-order valence-corrected chi connectivity index (χ4v) is 4.63. The van der Waals surface area contributed by atoms with E-state index in [1.165, 1.54) is 34.1 Å². The van der Waals surface area contributed by atoms with Gasteiger partial charge in [-0.2, -0.15) is 0 Å². The number of carbonyl (C=O) groups is 1. The van der Waals surface area contributed by atoms with Crippen LogP contribution in [0.3, 0.4) is 0 Å². The topological polar surface area (TPSA) is 85.5 Å². The number of nitrogens with one attached hydrogen (secondary N) is 1. The second kappa shape index (κ2) is 10.4. The number of thiazole rings is 2. The lowest BCUT2D eigenvalue weighted by atomic mass is 10.2. The third-order valence-corrected chi connectivity index (χ3v) is 6.60. The second-order valence-electron chi connectivity index (χ2n) is 6.74. The molecule has 0 saturated carbocycles. The maximum Gasteiger partial charge on any atom is 0.336 e. The van der Waals surface area contributed by atoms with Gasteiger partial charge in [0.1, 0.15) is 15.5 Å². The van der Waals surface area contributed by atoms with Crippen molar-refractivity contribution in [3.8, 4) is 0 Å². The van der Waals surface area contributed by atoms with Crippen molar-refractivity contribution in [2.75, 3.05) is 0 Å². The van der Waals surface area contributed by atoms with Gasteiger partial charge in [0, 0.05) is 23.7 Å². The highest BCUT2D eigenvalue weighted by molar-refractivity contribution is 7.19. The van der Waals surface area contributed by atoms with Gasteiger partial charge < -0.3 is 5.32 Å². The van der Waals surface area contributed by atoms with Crippen molar-refractivity contribution in [1.82, 2.24) is 19.3 Å². The Balaban J connectivity index is 0.00000181. The van der Waals surface area contributed by atoms with Gasteiger partial charge in [-0.25, -0.2) is 14.2 Å². The van der Waals surface area contributed by atoms with Gasteiger partial charge >= 0.3 is 5.69 Å². The predicted octanol–water partition coefficient (Wildman–Crippen LogP) is 3.56. The van der Waals surface area contributed by atoms with Crippen LogP contribution in [0.1, 0.15) is 31.5 Å². The molecule has 0 aliphatic heterocycles. The minimum Gasteiger partial charge on any atom is -0.347 e. The summed E-state index contributed by atoms with van der Waals surface area (Å²) in [5.41, 5.74) is 0.871. The Labute approximate surface area is 202 Å². The molecule has 0 unspecified atom stereocenters. The highest BCUT2D eigenvalue weighted by atomic mass is 35.5. The third kappa shape index (κ3) is 5.09. The van der Waals surface area contributed by atoms with Crippen molar-refractivity contribution in [3.63, 3.8) is 0 Å². The molecule has 0 spiro atoms. The molecule has 170 valence electrons. The number of carbonyl (C=O) groups excluding carboxylic acids is 1. The molecule has 0 radical (unpaired) electrons. The molecule has 1 amide bonds. The Kier molecular flexibility index (Phi) is 8.35. The van der Waals surface area contributed by atoms with Crippen LogP contribution < -0.4 is 16.6 Å². The zero-order valence-electron chi connectivity index (χ0n) is 17.0. The lowest BCUT2D eigenvalue weighted by Gasteiger charge is -2.05. The van der Waals surface area contributed by atoms with Gasteiger partial charge in [-0.15, -0.1) is 47.5 Å². The number of fused-ring (bicyclic) bond motifs is 1. The van der Waals surface area contributed by atoms with E-state index < -0.39 is 11.2 Å². The first-order valence-electron chi connectivity index (χ1n) is 9.02. The highest BCUT2D eigenvalue weighted by Gasteiger charge is 2.18. The largest absolute Gasteiger partial charge is 0.347 e. The molecule has 4 rings (SSSR count). The summed E-state index contributed by atoms with van der Waals surface area (Å²) < 4.78 is 15.5. The molecule has 1 N–H and O–H groups in total.